The predicted molar refractivity (Wildman–Crippen MR) is 78.7 cm³/mol. The van der Waals surface area contributed by atoms with Crippen LogP contribution in [0.1, 0.15) is 12.8 Å². The van der Waals surface area contributed by atoms with Crippen molar-refractivity contribution >= 4 is 39.2 Å². The number of ether oxygens (including phenoxy) is 1. The molecule has 0 aliphatic carbocycles. The van der Waals surface area contributed by atoms with Crippen molar-refractivity contribution in [3.63, 3.8) is 0 Å². The van der Waals surface area contributed by atoms with Crippen LogP contribution in [0.15, 0.2) is 28.7 Å². The van der Waals surface area contributed by atoms with Gasteiger partial charge in [0.2, 0.25) is 11.8 Å². The molecule has 1 aromatic rings. The number of nitrogens with zero attached hydrogens (tertiary/aromatic N) is 1. The summed E-state index contributed by atoms with van der Waals surface area (Å²) in [5.41, 5.74) is 0.542. The molecular formula is C15H14BrNO4. The van der Waals surface area contributed by atoms with Crippen LogP contribution in [0.3, 0.4) is 0 Å². The smallest absolute Gasteiger partial charge is 0.238 e. The number of hydrogen-bond acceptors (Lipinski definition) is 4. The van der Waals surface area contributed by atoms with E-state index in [0.717, 1.165) is 4.47 Å². The van der Waals surface area contributed by atoms with Gasteiger partial charge in [-0.3, -0.25) is 19.3 Å². The van der Waals surface area contributed by atoms with E-state index >= 15 is 0 Å². The van der Waals surface area contributed by atoms with Gasteiger partial charge in [0.1, 0.15) is 5.78 Å². The van der Waals surface area contributed by atoms with Gasteiger partial charge in [-0.2, -0.15) is 0 Å². The molecule has 2 aliphatic rings. The minimum absolute atomic E-state index is 0.0186. The molecule has 5 nitrogen and oxygen atoms in total. The highest BCUT2D eigenvalue weighted by Gasteiger charge is 2.46. The monoisotopic (exact) mass is 351 g/mol. The van der Waals surface area contributed by atoms with Crippen LogP contribution >= 0.6 is 15.9 Å². The second-order valence-corrected chi connectivity index (χ2v) is 6.17. The van der Waals surface area contributed by atoms with Crippen molar-refractivity contribution < 1.29 is 19.1 Å². The van der Waals surface area contributed by atoms with Gasteiger partial charge in [0.25, 0.3) is 0 Å². The standard InChI is InChI=1S/C15H14BrNO4/c16-9-1-3-10(4-2-9)17-14(19)7-11(15(17)20)12-8-21-6-5-13(12)18/h1-4,11-12H,5-8H2/t11-,12?/m1/s1. The molecule has 0 bridgehead atoms. The fourth-order valence-corrected chi connectivity index (χ4v) is 3.10. The lowest BCUT2D eigenvalue weighted by molar-refractivity contribution is -0.138. The van der Waals surface area contributed by atoms with Gasteiger partial charge in [-0.25, -0.2) is 0 Å². The Labute approximate surface area is 130 Å². The maximum Gasteiger partial charge on any atom is 0.238 e. The van der Waals surface area contributed by atoms with Crippen LogP contribution in [0.2, 0.25) is 0 Å². The van der Waals surface area contributed by atoms with Gasteiger partial charge < -0.3 is 4.74 Å². The first-order chi connectivity index (χ1) is 10.1. The third-order valence-electron chi connectivity index (χ3n) is 3.96. The van der Waals surface area contributed by atoms with E-state index < -0.39 is 11.8 Å². The second-order valence-electron chi connectivity index (χ2n) is 5.25. The number of amides is 2. The molecule has 0 N–H and O–H groups in total. The van der Waals surface area contributed by atoms with Crippen LogP contribution < -0.4 is 4.90 Å². The normalized spacial score (nSPS) is 26.5. The predicted octanol–water partition coefficient (Wildman–Crippen LogP) is 1.93. The molecule has 1 unspecified atom stereocenters. The molecule has 0 aromatic heterocycles. The van der Waals surface area contributed by atoms with Crippen LogP contribution in [0, 0.1) is 11.8 Å². The Hall–Kier alpha value is -1.53. The number of halogens is 1. The van der Waals surface area contributed by atoms with Gasteiger partial charge >= 0.3 is 0 Å². The quantitative estimate of drug-likeness (QED) is 0.763. The van der Waals surface area contributed by atoms with E-state index in [1.807, 2.05) is 0 Å². The third kappa shape index (κ3) is 2.65. The summed E-state index contributed by atoms with van der Waals surface area (Å²) in [7, 11) is 0. The molecule has 2 atom stereocenters. The van der Waals surface area contributed by atoms with E-state index in [9.17, 15) is 14.4 Å². The number of Topliss-reactive ketones (excluding diaryl/α,β-unsaturated/α-hetero) is 1. The van der Waals surface area contributed by atoms with Gasteiger partial charge in [-0.15, -0.1) is 0 Å². The van der Waals surface area contributed by atoms with E-state index in [0.29, 0.717) is 18.7 Å². The minimum Gasteiger partial charge on any atom is -0.380 e. The summed E-state index contributed by atoms with van der Waals surface area (Å²) in [6, 6.07) is 6.97. The molecule has 2 saturated heterocycles. The van der Waals surface area contributed by atoms with Crippen molar-refractivity contribution in [2.24, 2.45) is 11.8 Å². The Balaban J connectivity index is 1.85. The summed E-state index contributed by atoms with van der Waals surface area (Å²) in [6.07, 6.45) is 0.398. The van der Waals surface area contributed by atoms with Gasteiger partial charge in [-0.05, 0) is 24.3 Å². The molecule has 2 amide bonds. The van der Waals surface area contributed by atoms with Crippen LogP contribution in [-0.4, -0.2) is 30.8 Å². The lowest BCUT2D eigenvalue weighted by atomic mass is 9.85. The van der Waals surface area contributed by atoms with Crippen LogP contribution in [0.4, 0.5) is 5.69 Å². The first-order valence-corrected chi connectivity index (χ1v) is 7.60. The third-order valence-corrected chi connectivity index (χ3v) is 4.48. The summed E-state index contributed by atoms with van der Waals surface area (Å²) in [6.45, 7) is 0.636. The van der Waals surface area contributed by atoms with Gasteiger partial charge in [0.05, 0.1) is 30.7 Å². The average molecular weight is 352 g/mol. The van der Waals surface area contributed by atoms with Crippen molar-refractivity contribution in [1.82, 2.24) is 0 Å². The zero-order chi connectivity index (χ0) is 15.0. The lowest BCUT2D eigenvalue weighted by Gasteiger charge is -2.24. The molecule has 21 heavy (non-hydrogen) atoms. The summed E-state index contributed by atoms with van der Waals surface area (Å²) < 4.78 is 6.17. The largest absolute Gasteiger partial charge is 0.380 e. The maximum absolute atomic E-state index is 12.5. The zero-order valence-corrected chi connectivity index (χ0v) is 12.8. The zero-order valence-electron chi connectivity index (χ0n) is 11.3. The average Bonchev–Trinajstić information content (AvgIpc) is 2.76. The molecular weight excluding hydrogens is 338 g/mol. The van der Waals surface area contributed by atoms with E-state index in [4.69, 9.17) is 4.74 Å². The van der Waals surface area contributed by atoms with Crippen molar-refractivity contribution in [3.05, 3.63) is 28.7 Å². The topological polar surface area (TPSA) is 63.7 Å². The van der Waals surface area contributed by atoms with Gasteiger partial charge in [0, 0.05) is 17.3 Å². The molecule has 2 aliphatic heterocycles. The summed E-state index contributed by atoms with van der Waals surface area (Å²) in [4.78, 5) is 37.8. The number of ketones is 1. The van der Waals surface area contributed by atoms with E-state index in [2.05, 4.69) is 15.9 Å². The molecule has 1 aromatic carbocycles. The number of benzene rings is 1. The molecule has 2 heterocycles. The molecule has 6 heteroatoms. The summed E-state index contributed by atoms with van der Waals surface area (Å²) >= 11 is 3.32. The highest BCUT2D eigenvalue weighted by atomic mass is 79.9. The molecule has 3 rings (SSSR count). The van der Waals surface area contributed by atoms with E-state index in [1.165, 1.54) is 4.90 Å². The maximum atomic E-state index is 12.5. The number of hydrogen-bond donors (Lipinski definition) is 0. The number of anilines is 1. The van der Waals surface area contributed by atoms with E-state index in [1.54, 1.807) is 24.3 Å². The first kappa shape index (κ1) is 14.4. The number of rotatable bonds is 2. The Morgan fingerprint density at radius 2 is 1.81 bits per heavy atom. The fraction of sp³-hybridized carbons (Fsp3) is 0.400. The SMILES string of the molecule is O=C1CCOCC1[C@H]1CC(=O)N(c2ccc(Br)cc2)C1=O. The molecule has 0 radical (unpaired) electrons. The van der Waals surface area contributed by atoms with Crippen LogP contribution in [-0.2, 0) is 19.1 Å². The number of imide groups is 1. The highest BCUT2D eigenvalue weighted by molar-refractivity contribution is 9.10. The lowest BCUT2D eigenvalue weighted by Crippen LogP contribution is -2.38. The van der Waals surface area contributed by atoms with Gasteiger partial charge in [0.15, 0.2) is 0 Å². The van der Waals surface area contributed by atoms with Crippen molar-refractivity contribution in [2.75, 3.05) is 18.1 Å². The minimum atomic E-state index is -0.589. The molecule has 110 valence electrons. The van der Waals surface area contributed by atoms with Crippen molar-refractivity contribution in [3.8, 4) is 0 Å². The molecule has 0 spiro atoms. The Morgan fingerprint density at radius 3 is 2.48 bits per heavy atom. The van der Waals surface area contributed by atoms with Crippen LogP contribution in [0.5, 0.6) is 0 Å². The number of carbonyl (C=O) groups is 3. The Bertz CT molecular complexity index is 598. The molecule has 2 fully saturated rings. The molecule has 0 saturated carbocycles. The summed E-state index contributed by atoms with van der Waals surface area (Å²) in [5, 5.41) is 0. The Morgan fingerprint density at radius 1 is 1.10 bits per heavy atom. The fourth-order valence-electron chi connectivity index (χ4n) is 2.83. The first-order valence-electron chi connectivity index (χ1n) is 6.81. The Kier molecular flexibility index (Phi) is 3.91. The summed E-state index contributed by atoms with van der Waals surface area (Å²) in [5.74, 6) is -1.62. The van der Waals surface area contributed by atoms with Crippen LogP contribution in [0.25, 0.3) is 0 Å². The van der Waals surface area contributed by atoms with Crippen molar-refractivity contribution in [1.29, 1.82) is 0 Å². The number of carbonyl (C=O) groups excluding carboxylic acids is 3. The van der Waals surface area contributed by atoms with Crippen molar-refractivity contribution in [2.45, 2.75) is 12.8 Å². The van der Waals surface area contributed by atoms with E-state index in [-0.39, 0.29) is 30.6 Å². The second kappa shape index (κ2) is 5.69. The van der Waals surface area contributed by atoms with Gasteiger partial charge in [-0.1, -0.05) is 15.9 Å². The highest BCUT2D eigenvalue weighted by Crippen LogP contribution is 2.33.